The molecule has 0 aliphatic rings. The second-order valence-electron chi connectivity index (χ2n) is 7.04. The first kappa shape index (κ1) is 23.4. The molecule has 0 heterocycles. The first-order valence-corrected chi connectivity index (χ1v) is 12.1. The van der Waals surface area contributed by atoms with E-state index in [-0.39, 0.29) is 10.3 Å². The summed E-state index contributed by atoms with van der Waals surface area (Å²) < 4.78 is 16.6. The predicted octanol–water partition coefficient (Wildman–Crippen LogP) is 6.25. The van der Waals surface area contributed by atoms with E-state index in [1.54, 1.807) is 45.0 Å². The van der Waals surface area contributed by atoms with Crippen molar-refractivity contribution < 1.29 is 18.6 Å². The van der Waals surface area contributed by atoms with Crippen LogP contribution in [-0.2, 0) is 13.8 Å². The SMILES string of the molecule is COP(N)(OC)(C(=O)OC(C)(C)C)c1ccc(Sc2cccc(Cl)c2)cc1Cl. The van der Waals surface area contributed by atoms with Crippen LogP contribution in [0.1, 0.15) is 20.8 Å². The maximum atomic E-state index is 13.0. The van der Waals surface area contributed by atoms with Crippen LogP contribution in [0.2, 0.25) is 10.0 Å². The van der Waals surface area contributed by atoms with Gasteiger partial charge in [-0.25, -0.2) is 0 Å². The van der Waals surface area contributed by atoms with E-state index in [0.29, 0.717) is 5.02 Å². The van der Waals surface area contributed by atoms with Crippen LogP contribution in [0, 0.1) is 0 Å². The van der Waals surface area contributed by atoms with Crippen LogP contribution in [0.25, 0.3) is 0 Å². The van der Waals surface area contributed by atoms with Crippen molar-refractivity contribution in [2.45, 2.75) is 36.2 Å². The van der Waals surface area contributed by atoms with Crippen LogP contribution >= 0.6 is 42.2 Å². The third kappa shape index (κ3) is 4.82. The quantitative estimate of drug-likeness (QED) is 0.510. The number of benzene rings is 2. The average Bonchev–Trinajstić information content (AvgIpc) is 2.60. The summed E-state index contributed by atoms with van der Waals surface area (Å²) >= 11 is 14.0. The van der Waals surface area contributed by atoms with Crippen molar-refractivity contribution in [2.75, 3.05) is 14.2 Å². The fourth-order valence-electron chi connectivity index (χ4n) is 2.43. The minimum atomic E-state index is -4.52. The normalized spacial score (nSPS) is 13.6. The van der Waals surface area contributed by atoms with Gasteiger partial charge in [-0.3, -0.25) is 0 Å². The number of halogens is 2. The van der Waals surface area contributed by atoms with E-state index < -0.39 is 18.5 Å². The van der Waals surface area contributed by atoms with Crippen LogP contribution in [0.15, 0.2) is 52.3 Å². The van der Waals surface area contributed by atoms with Gasteiger partial charge in [-0.1, -0.05) is 0 Å². The van der Waals surface area contributed by atoms with Crippen molar-refractivity contribution in [3.05, 3.63) is 52.5 Å². The molecule has 2 N–H and O–H groups in total. The molecule has 0 fully saturated rings. The molecule has 0 saturated carbocycles. The van der Waals surface area contributed by atoms with E-state index in [2.05, 4.69) is 0 Å². The molecule has 0 spiro atoms. The van der Waals surface area contributed by atoms with E-state index >= 15 is 0 Å². The number of carbonyl (C=O) groups is 1. The van der Waals surface area contributed by atoms with Crippen LogP contribution in [-0.4, -0.2) is 25.5 Å². The van der Waals surface area contributed by atoms with Gasteiger partial charge in [0.1, 0.15) is 0 Å². The summed E-state index contributed by atoms with van der Waals surface area (Å²) in [5, 5.41) is 1.16. The van der Waals surface area contributed by atoms with Crippen molar-refractivity contribution in [2.24, 2.45) is 5.50 Å². The molecule has 0 unspecified atom stereocenters. The van der Waals surface area contributed by atoms with Gasteiger partial charge >= 0.3 is 180 Å². The van der Waals surface area contributed by atoms with Gasteiger partial charge in [0, 0.05) is 0 Å². The van der Waals surface area contributed by atoms with Crippen LogP contribution < -0.4 is 10.8 Å². The fraction of sp³-hybridized carbons (Fsp3) is 0.316. The first-order valence-electron chi connectivity index (χ1n) is 8.35. The first-order chi connectivity index (χ1) is 12.9. The zero-order chi connectivity index (χ0) is 21.2. The molecule has 0 saturated heterocycles. The summed E-state index contributed by atoms with van der Waals surface area (Å²) in [5.41, 5.74) is 4.97. The molecule has 5 nitrogen and oxygen atoms in total. The van der Waals surface area contributed by atoms with Crippen LogP contribution in [0.3, 0.4) is 0 Å². The molecule has 0 aliphatic heterocycles. The number of ether oxygens (including phenoxy) is 1. The van der Waals surface area contributed by atoms with Crippen molar-refractivity contribution >= 4 is 53.2 Å². The van der Waals surface area contributed by atoms with Gasteiger partial charge in [-0.15, -0.1) is 0 Å². The second-order valence-corrected chi connectivity index (χ2v) is 12.6. The Balaban J connectivity index is 2.47. The van der Waals surface area contributed by atoms with Gasteiger partial charge in [-0.2, -0.15) is 0 Å². The Morgan fingerprint density at radius 2 is 1.64 bits per heavy atom. The maximum absolute atomic E-state index is 13.0. The molecule has 28 heavy (non-hydrogen) atoms. The van der Waals surface area contributed by atoms with Gasteiger partial charge < -0.3 is 0 Å². The summed E-state index contributed by atoms with van der Waals surface area (Å²) in [6.07, 6.45) is 0. The molecule has 9 heteroatoms. The van der Waals surface area contributed by atoms with E-state index in [1.165, 1.54) is 26.0 Å². The Labute approximate surface area is 180 Å². The zero-order valence-electron chi connectivity index (χ0n) is 16.4. The van der Waals surface area contributed by atoms with Gasteiger partial charge in [0.2, 0.25) is 0 Å². The van der Waals surface area contributed by atoms with Gasteiger partial charge in [0.25, 0.3) is 0 Å². The molecule has 2 aromatic rings. The van der Waals surface area contributed by atoms with Crippen molar-refractivity contribution in [1.82, 2.24) is 0 Å². The van der Waals surface area contributed by atoms with Gasteiger partial charge in [0.15, 0.2) is 0 Å². The Bertz CT molecular complexity index is 884. The molecule has 154 valence electrons. The third-order valence-electron chi connectivity index (χ3n) is 3.87. The van der Waals surface area contributed by atoms with E-state index in [1.807, 2.05) is 18.2 Å². The number of hydrogen-bond acceptors (Lipinski definition) is 6. The van der Waals surface area contributed by atoms with Crippen molar-refractivity contribution in [3.63, 3.8) is 0 Å². The summed E-state index contributed by atoms with van der Waals surface area (Å²) in [7, 11) is -1.89. The van der Waals surface area contributed by atoms with E-state index in [9.17, 15) is 4.79 Å². The topological polar surface area (TPSA) is 70.8 Å². The molecule has 2 rings (SSSR count). The molecule has 0 bridgehead atoms. The van der Waals surface area contributed by atoms with Crippen molar-refractivity contribution in [1.29, 1.82) is 0 Å². The minimum absolute atomic E-state index is 0.252. The molecular formula is C19H24Cl2NO4PS. The molecule has 0 atom stereocenters. The van der Waals surface area contributed by atoms with Crippen molar-refractivity contribution in [3.8, 4) is 0 Å². The predicted molar refractivity (Wildman–Crippen MR) is 118 cm³/mol. The summed E-state index contributed by atoms with van der Waals surface area (Å²) in [6, 6.07) is 12.6. The Kier molecular flexibility index (Phi) is 7.10. The Morgan fingerprint density at radius 3 is 2.14 bits per heavy atom. The number of nitrogens with two attached hydrogens (primary N) is 1. The monoisotopic (exact) mass is 463 g/mol. The summed E-state index contributed by atoms with van der Waals surface area (Å²) in [4.78, 5) is 14.8. The third-order valence-corrected chi connectivity index (χ3v) is 9.07. The molecule has 0 aromatic heterocycles. The molecule has 0 radical (unpaired) electrons. The number of carbonyl (C=O) groups excluding carboxylic acids is 1. The van der Waals surface area contributed by atoms with E-state index in [4.69, 9.17) is 42.5 Å². The zero-order valence-corrected chi connectivity index (χ0v) is 19.6. The Hall–Kier alpha value is -0.850. The number of hydrogen-bond donors (Lipinski definition) is 1. The molecular weight excluding hydrogens is 440 g/mol. The molecule has 0 aliphatic carbocycles. The van der Waals surface area contributed by atoms with Crippen LogP contribution in [0.5, 0.6) is 0 Å². The Morgan fingerprint density at radius 1 is 1.04 bits per heavy atom. The van der Waals surface area contributed by atoms with Crippen LogP contribution in [0.4, 0.5) is 4.79 Å². The summed E-state index contributed by atoms with van der Waals surface area (Å²) in [6.45, 7) is 5.22. The number of rotatable bonds is 6. The molecule has 2 aromatic carbocycles. The standard InChI is InChI=1S/C19H24Cl2NO4PS/c1-19(2,3)26-18(23)27(22,24-4,25-5)17-10-9-15(12-16(17)21)28-14-8-6-7-13(20)11-14/h6-12H,22H2,1-5H3. The average molecular weight is 464 g/mol. The molecule has 0 amide bonds. The summed E-state index contributed by atoms with van der Waals surface area (Å²) in [5.74, 6) is 0. The van der Waals surface area contributed by atoms with E-state index in [0.717, 1.165) is 9.79 Å². The fourth-order valence-corrected chi connectivity index (χ4v) is 6.64. The second kappa shape index (κ2) is 8.49. The van der Waals surface area contributed by atoms with Gasteiger partial charge in [0.05, 0.1) is 0 Å². The van der Waals surface area contributed by atoms with Gasteiger partial charge in [-0.05, 0) is 0 Å².